The van der Waals surface area contributed by atoms with Crippen LogP contribution in [-0.2, 0) is 9.59 Å². The van der Waals surface area contributed by atoms with Gasteiger partial charge in [0.2, 0.25) is 5.91 Å². The second-order valence-electron chi connectivity index (χ2n) is 8.88. The third-order valence-corrected chi connectivity index (χ3v) is 7.38. The highest BCUT2D eigenvalue weighted by atomic mass is 32.2. The molecule has 1 heterocycles. The lowest BCUT2D eigenvalue weighted by molar-refractivity contribution is -0.135. The van der Waals surface area contributed by atoms with Gasteiger partial charge in [-0.1, -0.05) is 39.0 Å². The smallest absolute Gasteiger partial charge is 0.328 e. The van der Waals surface area contributed by atoms with Crippen molar-refractivity contribution in [3.63, 3.8) is 0 Å². The first kappa shape index (κ1) is 24.7. The highest BCUT2D eigenvalue weighted by molar-refractivity contribution is 8.00. The summed E-state index contributed by atoms with van der Waals surface area (Å²) < 4.78 is 5.13. The fourth-order valence-electron chi connectivity index (χ4n) is 4.51. The number of Topliss-reactive ketones (excluding diaryl/α,β-unsaturated/α-hetero) is 1. The van der Waals surface area contributed by atoms with Crippen molar-refractivity contribution < 1.29 is 19.1 Å². The summed E-state index contributed by atoms with van der Waals surface area (Å²) in [7, 11) is 0. The number of carbonyl (C=O) groups is 3. The van der Waals surface area contributed by atoms with Gasteiger partial charge in [0.1, 0.15) is 17.3 Å². The number of nitrogens with two attached hydrogens (primary N) is 1. The molecule has 1 aromatic rings. The molecule has 0 radical (unpaired) electrons. The van der Waals surface area contributed by atoms with E-state index in [2.05, 4.69) is 17.6 Å². The van der Waals surface area contributed by atoms with Gasteiger partial charge in [0.15, 0.2) is 5.78 Å². The molecule has 4 N–H and O–H groups in total. The monoisotopic (exact) mass is 461 g/mol. The van der Waals surface area contributed by atoms with E-state index >= 15 is 0 Å². The number of ketones is 1. The van der Waals surface area contributed by atoms with Gasteiger partial charge in [-0.3, -0.25) is 14.9 Å². The molecule has 4 atom stereocenters. The summed E-state index contributed by atoms with van der Waals surface area (Å²) in [5.74, 6) is 0.777. The van der Waals surface area contributed by atoms with E-state index < -0.39 is 12.0 Å². The molecular formula is C24H35N3O4S. The van der Waals surface area contributed by atoms with Gasteiger partial charge >= 0.3 is 5.97 Å². The third-order valence-electron chi connectivity index (χ3n) is 6.36. The van der Waals surface area contributed by atoms with Gasteiger partial charge in [-0.05, 0) is 49.9 Å². The van der Waals surface area contributed by atoms with Crippen LogP contribution in [0.5, 0.6) is 5.75 Å². The van der Waals surface area contributed by atoms with Crippen LogP contribution in [0.25, 0.3) is 0 Å². The number of hydrogen-bond acceptors (Lipinski definition) is 7. The highest BCUT2D eigenvalue weighted by Gasteiger charge is 2.36. The second-order valence-corrected chi connectivity index (χ2v) is 9.98. The lowest BCUT2D eigenvalue weighted by atomic mass is 9.80. The van der Waals surface area contributed by atoms with Crippen LogP contribution in [-0.4, -0.2) is 41.0 Å². The number of hydrogen-bond donors (Lipinski definition) is 3. The van der Waals surface area contributed by atoms with Crippen LogP contribution < -0.4 is 21.1 Å². The molecule has 1 aromatic carbocycles. The van der Waals surface area contributed by atoms with Gasteiger partial charge in [-0.25, -0.2) is 4.79 Å². The van der Waals surface area contributed by atoms with Crippen molar-refractivity contribution in [2.24, 2.45) is 17.6 Å². The second kappa shape index (κ2) is 11.8. The Morgan fingerprint density at radius 2 is 1.88 bits per heavy atom. The molecule has 2 fully saturated rings. The maximum atomic E-state index is 12.7. The first-order valence-corrected chi connectivity index (χ1v) is 12.7. The quantitative estimate of drug-likeness (QED) is 0.294. The lowest BCUT2D eigenvalue weighted by Gasteiger charge is -2.39. The molecule has 176 valence electrons. The summed E-state index contributed by atoms with van der Waals surface area (Å²) in [6, 6.07) is 5.90. The normalized spacial score (nSPS) is 25.1. The topological polar surface area (TPSA) is 111 Å². The van der Waals surface area contributed by atoms with Crippen LogP contribution in [0.3, 0.4) is 0 Å². The van der Waals surface area contributed by atoms with Gasteiger partial charge in [-0.15, -0.1) is 11.8 Å². The van der Waals surface area contributed by atoms with E-state index in [4.69, 9.17) is 10.5 Å². The van der Waals surface area contributed by atoms with Crippen molar-refractivity contribution in [1.29, 1.82) is 0 Å². The van der Waals surface area contributed by atoms with Crippen molar-refractivity contribution >= 4 is 29.4 Å². The number of nitrogens with one attached hydrogen (secondary N) is 2. The summed E-state index contributed by atoms with van der Waals surface area (Å²) in [5.41, 5.74) is 5.76. The Bertz CT molecular complexity index is 793. The molecule has 1 aliphatic heterocycles. The van der Waals surface area contributed by atoms with Crippen LogP contribution in [0, 0.1) is 11.8 Å². The van der Waals surface area contributed by atoms with E-state index in [0.29, 0.717) is 17.2 Å². The Morgan fingerprint density at radius 3 is 2.50 bits per heavy atom. The number of ether oxygens (including phenoxy) is 1. The van der Waals surface area contributed by atoms with Gasteiger partial charge in [0.25, 0.3) is 0 Å². The standard InChI is InChI=1S/C24H35N3O4S/c1-3-19-20(13-16-7-5-4-6-8-16)26-24(27-22(19)29)32-14-21(28)17-9-11-18(12-10-17)31-23(30)15(2)25/h9-12,15-16,19-20,24,26H,3-8,13-14,25H2,1-2H3,(H,27,29)/t15-,19?,20?,24?/m1/s1. The zero-order valence-electron chi connectivity index (χ0n) is 19.0. The van der Waals surface area contributed by atoms with Crippen molar-refractivity contribution in [3.05, 3.63) is 29.8 Å². The summed E-state index contributed by atoms with van der Waals surface area (Å²) in [4.78, 5) is 36.9. The number of carbonyl (C=O) groups excluding carboxylic acids is 3. The molecule has 0 aromatic heterocycles. The van der Waals surface area contributed by atoms with Crippen LogP contribution in [0.1, 0.15) is 69.2 Å². The molecule has 1 saturated heterocycles. The molecular weight excluding hydrogens is 426 g/mol. The maximum Gasteiger partial charge on any atom is 0.328 e. The lowest BCUT2D eigenvalue weighted by Crippen LogP contribution is -2.60. The fraction of sp³-hybridized carbons (Fsp3) is 0.625. The van der Waals surface area contributed by atoms with E-state index in [0.717, 1.165) is 12.8 Å². The third kappa shape index (κ3) is 6.80. The first-order chi connectivity index (χ1) is 15.4. The van der Waals surface area contributed by atoms with Crippen LogP contribution in [0.4, 0.5) is 0 Å². The van der Waals surface area contributed by atoms with E-state index in [9.17, 15) is 14.4 Å². The Balaban J connectivity index is 1.53. The molecule has 3 unspecified atom stereocenters. The van der Waals surface area contributed by atoms with Crippen LogP contribution >= 0.6 is 11.8 Å². The van der Waals surface area contributed by atoms with Crippen molar-refractivity contribution in [2.45, 2.75) is 76.4 Å². The van der Waals surface area contributed by atoms with Crippen LogP contribution in [0.2, 0.25) is 0 Å². The Morgan fingerprint density at radius 1 is 1.19 bits per heavy atom. The number of esters is 1. The minimum atomic E-state index is -0.708. The molecule has 1 amide bonds. The van der Waals surface area contributed by atoms with Gasteiger partial charge in [-0.2, -0.15) is 0 Å². The maximum absolute atomic E-state index is 12.7. The first-order valence-electron chi connectivity index (χ1n) is 11.7. The summed E-state index contributed by atoms with van der Waals surface area (Å²) in [6.45, 7) is 3.61. The number of rotatable bonds is 9. The average molecular weight is 462 g/mol. The highest BCUT2D eigenvalue weighted by Crippen LogP contribution is 2.31. The molecule has 1 saturated carbocycles. The van der Waals surface area contributed by atoms with Gasteiger partial charge in [0.05, 0.1) is 11.7 Å². The van der Waals surface area contributed by atoms with E-state index in [1.165, 1.54) is 43.9 Å². The Kier molecular flexibility index (Phi) is 9.13. The number of amides is 1. The zero-order chi connectivity index (χ0) is 23.1. The summed E-state index contributed by atoms with van der Waals surface area (Å²) >= 11 is 1.41. The van der Waals surface area contributed by atoms with Gasteiger partial charge in [0, 0.05) is 11.6 Å². The SMILES string of the molecule is CCC1C(=O)NC(SCC(=O)c2ccc(OC(=O)[C@@H](C)N)cc2)NC1CC1CCCCC1. The molecule has 2 aliphatic rings. The largest absolute Gasteiger partial charge is 0.425 e. The molecule has 0 bridgehead atoms. The van der Waals surface area contributed by atoms with Gasteiger partial charge < -0.3 is 15.8 Å². The molecule has 1 aliphatic carbocycles. The molecule has 32 heavy (non-hydrogen) atoms. The predicted octanol–water partition coefficient (Wildman–Crippen LogP) is 3.22. The summed E-state index contributed by atoms with van der Waals surface area (Å²) in [5, 5.41) is 6.61. The Hall–Kier alpha value is -1.90. The van der Waals surface area contributed by atoms with E-state index in [1.54, 1.807) is 31.2 Å². The number of benzene rings is 1. The van der Waals surface area contributed by atoms with Crippen molar-refractivity contribution in [1.82, 2.24) is 10.6 Å². The minimum Gasteiger partial charge on any atom is -0.425 e. The van der Waals surface area contributed by atoms with E-state index in [-0.39, 0.29) is 34.9 Å². The Labute approximate surface area is 194 Å². The molecule has 3 rings (SSSR count). The van der Waals surface area contributed by atoms with E-state index in [1.807, 2.05) is 0 Å². The average Bonchev–Trinajstić information content (AvgIpc) is 2.78. The van der Waals surface area contributed by atoms with Crippen molar-refractivity contribution in [2.75, 3.05) is 5.75 Å². The predicted molar refractivity (Wildman–Crippen MR) is 126 cm³/mol. The molecule has 7 nitrogen and oxygen atoms in total. The number of thioether (sulfide) groups is 1. The minimum absolute atomic E-state index is 0.0176. The zero-order valence-corrected chi connectivity index (χ0v) is 19.8. The molecule has 0 spiro atoms. The fourth-order valence-corrected chi connectivity index (χ4v) is 5.46. The van der Waals surface area contributed by atoms with Crippen molar-refractivity contribution in [3.8, 4) is 5.75 Å². The van der Waals surface area contributed by atoms with Crippen LogP contribution in [0.15, 0.2) is 24.3 Å². The summed E-state index contributed by atoms with van der Waals surface area (Å²) in [6.07, 6.45) is 8.24. The molecule has 8 heteroatoms.